The molecule has 1 amide bonds. The van der Waals surface area contributed by atoms with Crippen LogP contribution in [0.15, 0.2) is 48.8 Å². The van der Waals surface area contributed by atoms with Crippen LogP contribution in [0.5, 0.6) is 0 Å². The molecule has 1 aliphatic carbocycles. The molecular formula is C20H21N3O. The standard InChI is InChI=1S/C20H21N3O/c24-20(22-15-5-2-1-3-6-15)16-7-4-8-18-17(16)13-19(23-18)14-9-11-21-12-10-14/h4,7-13,15,23H,1-3,5-6H2,(H,22,24). The molecule has 0 unspecified atom stereocenters. The van der Waals surface area contributed by atoms with E-state index in [1.807, 2.05) is 30.3 Å². The first-order valence-electron chi connectivity index (χ1n) is 8.64. The lowest BCUT2D eigenvalue weighted by Crippen LogP contribution is -2.36. The molecule has 4 rings (SSSR count). The zero-order valence-corrected chi connectivity index (χ0v) is 13.6. The maximum atomic E-state index is 12.7. The number of aromatic nitrogens is 2. The molecule has 0 saturated heterocycles. The van der Waals surface area contributed by atoms with Gasteiger partial charge in [-0.1, -0.05) is 25.3 Å². The van der Waals surface area contributed by atoms with Crippen LogP contribution in [0.25, 0.3) is 22.2 Å². The molecule has 24 heavy (non-hydrogen) atoms. The van der Waals surface area contributed by atoms with Crippen molar-refractivity contribution in [3.63, 3.8) is 0 Å². The van der Waals surface area contributed by atoms with Gasteiger partial charge in [0.2, 0.25) is 0 Å². The molecule has 0 bridgehead atoms. The SMILES string of the molecule is O=C(NC1CCCCC1)c1cccc2[nH]c(-c3ccncc3)cc12. The number of H-pyrrole nitrogens is 1. The van der Waals surface area contributed by atoms with Gasteiger partial charge >= 0.3 is 0 Å². The van der Waals surface area contributed by atoms with Gasteiger partial charge in [0.1, 0.15) is 0 Å². The number of nitrogens with one attached hydrogen (secondary N) is 2. The summed E-state index contributed by atoms with van der Waals surface area (Å²) in [6, 6.07) is 12.2. The molecular weight excluding hydrogens is 298 g/mol. The molecule has 1 aromatic carbocycles. The van der Waals surface area contributed by atoms with Gasteiger partial charge < -0.3 is 10.3 Å². The summed E-state index contributed by atoms with van der Waals surface area (Å²) in [6.07, 6.45) is 9.45. The van der Waals surface area contributed by atoms with Gasteiger partial charge in [-0.3, -0.25) is 9.78 Å². The topological polar surface area (TPSA) is 57.8 Å². The summed E-state index contributed by atoms with van der Waals surface area (Å²) >= 11 is 0. The van der Waals surface area contributed by atoms with E-state index >= 15 is 0 Å². The molecule has 122 valence electrons. The highest BCUT2D eigenvalue weighted by molar-refractivity contribution is 6.07. The van der Waals surface area contributed by atoms with Crippen molar-refractivity contribution in [3.8, 4) is 11.3 Å². The molecule has 0 atom stereocenters. The predicted octanol–water partition coefficient (Wildman–Crippen LogP) is 4.29. The number of aromatic amines is 1. The lowest BCUT2D eigenvalue weighted by molar-refractivity contribution is 0.0929. The summed E-state index contributed by atoms with van der Waals surface area (Å²) in [4.78, 5) is 20.2. The summed E-state index contributed by atoms with van der Waals surface area (Å²) in [7, 11) is 0. The van der Waals surface area contributed by atoms with Crippen LogP contribution in [-0.2, 0) is 0 Å². The molecule has 3 aromatic rings. The zero-order valence-electron chi connectivity index (χ0n) is 13.6. The molecule has 0 spiro atoms. The first-order valence-corrected chi connectivity index (χ1v) is 8.64. The number of carbonyl (C=O) groups excluding carboxylic acids is 1. The second-order valence-electron chi connectivity index (χ2n) is 6.49. The second-order valence-corrected chi connectivity index (χ2v) is 6.49. The van der Waals surface area contributed by atoms with Gasteiger partial charge in [-0.2, -0.15) is 0 Å². The Kier molecular flexibility index (Phi) is 4.03. The summed E-state index contributed by atoms with van der Waals surface area (Å²) in [5.74, 6) is 0.0350. The maximum absolute atomic E-state index is 12.7. The van der Waals surface area contributed by atoms with E-state index in [4.69, 9.17) is 0 Å². The van der Waals surface area contributed by atoms with Crippen molar-refractivity contribution in [1.29, 1.82) is 0 Å². The first kappa shape index (κ1) is 14.9. The van der Waals surface area contributed by atoms with Gasteiger partial charge in [-0.15, -0.1) is 0 Å². The van der Waals surface area contributed by atoms with Crippen LogP contribution < -0.4 is 5.32 Å². The molecule has 4 heteroatoms. The average Bonchev–Trinajstić information content (AvgIpc) is 3.07. The fourth-order valence-electron chi connectivity index (χ4n) is 3.55. The van der Waals surface area contributed by atoms with Crippen molar-refractivity contribution in [2.24, 2.45) is 0 Å². The summed E-state index contributed by atoms with van der Waals surface area (Å²) in [5.41, 5.74) is 3.80. The highest BCUT2D eigenvalue weighted by atomic mass is 16.1. The number of benzene rings is 1. The lowest BCUT2D eigenvalue weighted by atomic mass is 9.95. The maximum Gasteiger partial charge on any atom is 0.252 e. The molecule has 4 nitrogen and oxygen atoms in total. The van der Waals surface area contributed by atoms with E-state index in [1.165, 1.54) is 19.3 Å². The van der Waals surface area contributed by atoms with Gasteiger partial charge in [-0.05, 0) is 43.2 Å². The Morgan fingerprint density at radius 1 is 1.08 bits per heavy atom. The lowest BCUT2D eigenvalue weighted by Gasteiger charge is -2.22. The monoisotopic (exact) mass is 319 g/mol. The zero-order chi connectivity index (χ0) is 16.4. The van der Waals surface area contributed by atoms with Crippen molar-refractivity contribution in [2.45, 2.75) is 38.1 Å². The van der Waals surface area contributed by atoms with E-state index in [0.717, 1.165) is 40.6 Å². The van der Waals surface area contributed by atoms with E-state index in [2.05, 4.69) is 21.4 Å². The Morgan fingerprint density at radius 3 is 2.67 bits per heavy atom. The Bertz CT molecular complexity index is 848. The van der Waals surface area contributed by atoms with Crippen LogP contribution in [0.4, 0.5) is 0 Å². The third-order valence-electron chi connectivity index (χ3n) is 4.84. The number of pyridine rings is 1. The number of nitrogens with zero attached hydrogens (tertiary/aromatic N) is 1. The van der Waals surface area contributed by atoms with Crippen molar-refractivity contribution in [1.82, 2.24) is 15.3 Å². The molecule has 1 aliphatic rings. The second kappa shape index (κ2) is 6.48. The number of rotatable bonds is 3. The number of hydrogen-bond donors (Lipinski definition) is 2. The Hall–Kier alpha value is -2.62. The third-order valence-corrected chi connectivity index (χ3v) is 4.84. The molecule has 1 fully saturated rings. The Morgan fingerprint density at radius 2 is 1.88 bits per heavy atom. The molecule has 2 N–H and O–H groups in total. The smallest absolute Gasteiger partial charge is 0.252 e. The highest BCUT2D eigenvalue weighted by Gasteiger charge is 2.18. The molecule has 0 radical (unpaired) electrons. The van der Waals surface area contributed by atoms with Crippen LogP contribution in [0.1, 0.15) is 42.5 Å². The van der Waals surface area contributed by atoms with Crippen molar-refractivity contribution >= 4 is 16.8 Å². The fraction of sp³-hybridized carbons (Fsp3) is 0.300. The molecule has 0 aliphatic heterocycles. The van der Waals surface area contributed by atoms with Crippen molar-refractivity contribution in [3.05, 3.63) is 54.4 Å². The number of fused-ring (bicyclic) bond motifs is 1. The highest BCUT2D eigenvalue weighted by Crippen LogP contribution is 2.26. The van der Waals surface area contributed by atoms with Crippen LogP contribution in [0, 0.1) is 0 Å². The Balaban J connectivity index is 1.65. The number of carbonyl (C=O) groups is 1. The molecule has 2 aromatic heterocycles. The normalized spacial score (nSPS) is 15.5. The van der Waals surface area contributed by atoms with E-state index in [-0.39, 0.29) is 5.91 Å². The van der Waals surface area contributed by atoms with E-state index < -0.39 is 0 Å². The van der Waals surface area contributed by atoms with Gasteiger partial charge in [0.05, 0.1) is 0 Å². The molecule has 2 heterocycles. The molecule has 1 saturated carbocycles. The summed E-state index contributed by atoms with van der Waals surface area (Å²) in [5, 5.41) is 4.18. The van der Waals surface area contributed by atoms with E-state index in [9.17, 15) is 4.79 Å². The minimum atomic E-state index is 0.0350. The van der Waals surface area contributed by atoms with Gasteiger partial charge in [0, 0.05) is 46.2 Å². The number of amides is 1. The minimum absolute atomic E-state index is 0.0350. The van der Waals surface area contributed by atoms with Crippen LogP contribution >= 0.6 is 0 Å². The first-order chi connectivity index (χ1) is 11.8. The fourth-order valence-corrected chi connectivity index (χ4v) is 3.55. The van der Waals surface area contributed by atoms with Crippen molar-refractivity contribution < 1.29 is 4.79 Å². The van der Waals surface area contributed by atoms with Crippen LogP contribution in [-0.4, -0.2) is 21.9 Å². The minimum Gasteiger partial charge on any atom is -0.355 e. The van der Waals surface area contributed by atoms with Gasteiger partial charge in [-0.25, -0.2) is 0 Å². The van der Waals surface area contributed by atoms with E-state index in [1.54, 1.807) is 12.4 Å². The largest absolute Gasteiger partial charge is 0.355 e. The summed E-state index contributed by atoms with van der Waals surface area (Å²) in [6.45, 7) is 0. The predicted molar refractivity (Wildman–Crippen MR) is 95.9 cm³/mol. The summed E-state index contributed by atoms with van der Waals surface area (Å²) < 4.78 is 0. The van der Waals surface area contributed by atoms with Crippen molar-refractivity contribution in [2.75, 3.05) is 0 Å². The number of hydrogen-bond acceptors (Lipinski definition) is 2. The average molecular weight is 319 g/mol. The van der Waals surface area contributed by atoms with Gasteiger partial charge in [0.15, 0.2) is 0 Å². The van der Waals surface area contributed by atoms with Crippen LogP contribution in [0.3, 0.4) is 0 Å². The van der Waals surface area contributed by atoms with Crippen LogP contribution in [0.2, 0.25) is 0 Å². The van der Waals surface area contributed by atoms with Gasteiger partial charge in [0.25, 0.3) is 5.91 Å². The van der Waals surface area contributed by atoms with E-state index in [0.29, 0.717) is 6.04 Å². The Labute approximate surface area is 141 Å². The third kappa shape index (κ3) is 2.92. The quantitative estimate of drug-likeness (QED) is 0.756.